The third-order valence-electron chi connectivity index (χ3n) is 4.48. The number of carbonyl (C=O) groups excluding carboxylic acids is 1. The van der Waals surface area contributed by atoms with Gasteiger partial charge < -0.3 is 10.2 Å². The van der Waals surface area contributed by atoms with E-state index in [0.29, 0.717) is 24.9 Å². The van der Waals surface area contributed by atoms with Crippen LogP contribution in [-0.2, 0) is 0 Å². The Kier molecular flexibility index (Phi) is 5.47. The molecule has 0 radical (unpaired) electrons. The van der Waals surface area contributed by atoms with Gasteiger partial charge in [-0.05, 0) is 49.9 Å². The van der Waals surface area contributed by atoms with Crippen molar-refractivity contribution in [2.75, 3.05) is 26.2 Å². The second kappa shape index (κ2) is 6.95. The normalized spacial score (nSPS) is 25.0. The summed E-state index contributed by atoms with van der Waals surface area (Å²) in [7, 11) is 0. The van der Waals surface area contributed by atoms with E-state index in [4.69, 9.17) is 11.6 Å². The molecule has 2 heterocycles. The van der Waals surface area contributed by atoms with Crippen LogP contribution < -0.4 is 5.32 Å². The third-order valence-corrected chi connectivity index (χ3v) is 4.80. The van der Waals surface area contributed by atoms with Gasteiger partial charge in [-0.15, -0.1) is 12.4 Å². The lowest BCUT2D eigenvalue weighted by Gasteiger charge is -2.21. The molecule has 2 aliphatic rings. The summed E-state index contributed by atoms with van der Waals surface area (Å²) < 4.78 is 13.8. The lowest BCUT2D eigenvalue weighted by molar-refractivity contribution is 0.0754. The van der Waals surface area contributed by atoms with Gasteiger partial charge >= 0.3 is 0 Å². The van der Waals surface area contributed by atoms with E-state index in [1.54, 1.807) is 11.0 Å². The Labute approximate surface area is 135 Å². The zero-order chi connectivity index (χ0) is 14.1. The first-order valence-electron chi connectivity index (χ1n) is 7.11. The van der Waals surface area contributed by atoms with E-state index in [1.807, 2.05) is 0 Å². The molecule has 2 saturated heterocycles. The van der Waals surface area contributed by atoms with Crippen molar-refractivity contribution in [2.24, 2.45) is 11.8 Å². The number of hydrogen-bond donors (Lipinski definition) is 1. The molecule has 0 unspecified atom stereocenters. The number of hydrogen-bond acceptors (Lipinski definition) is 2. The van der Waals surface area contributed by atoms with Crippen molar-refractivity contribution in [2.45, 2.75) is 12.8 Å². The van der Waals surface area contributed by atoms with Gasteiger partial charge in [-0.2, -0.15) is 0 Å². The molecular weight excluding hydrogens is 314 g/mol. The summed E-state index contributed by atoms with van der Waals surface area (Å²) in [4.78, 5) is 14.3. The molecule has 0 bridgehead atoms. The third kappa shape index (κ3) is 3.33. The molecule has 1 aromatic rings. The molecule has 0 spiro atoms. The van der Waals surface area contributed by atoms with Crippen LogP contribution in [0.15, 0.2) is 18.2 Å². The van der Waals surface area contributed by atoms with Gasteiger partial charge in [-0.3, -0.25) is 4.79 Å². The number of fused-ring (bicyclic) bond motifs is 1. The van der Waals surface area contributed by atoms with Crippen molar-refractivity contribution in [3.05, 3.63) is 34.6 Å². The summed E-state index contributed by atoms with van der Waals surface area (Å²) in [5.74, 6) is 0.474. The lowest BCUT2D eigenvalue weighted by Crippen LogP contribution is -2.33. The summed E-state index contributed by atoms with van der Waals surface area (Å²) in [5.41, 5.74) is 0.0133. The van der Waals surface area contributed by atoms with Gasteiger partial charge in [0.15, 0.2) is 0 Å². The van der Waals surface area contributed by atoms with Crippen molar-refractivity contribution in [1.29, 1.82) is 0 Å². The quantitative estimate of drug-likeness (QED) is 0.857. The van der Waals surface area contributed by atoms with Crippen LogP contribution in [0.4, 0.5) is 4.39 Å². The smallest absolute Gasteiger partial charge is 0.258 e. The Morgan fingerprint density at radius 2 is 1.86 bits per heavy atom. The minimum absolute atomic E-state index is 0. The molecule has 21 heavy (non-hydrogen) atoms. The molecule has 0 aliphatic carbocycles. The first-order valence-corrected chi connectivity index (χ1v) is 7.48. The summed E-state index contributed by atoms with van der Waals surface area (Å²) in [6, 6.07) is 4.37. The van der Waals surface area contributed by atoms with Gasteiger partial charge in [0.2, 0.25) is 0 Å². The number of likely N-dealkylation sites (tertiary alicyclic amines) is 1. The molecule has 3 nitrogen and oxygen atoms in total. The van der Waals surface area contributed by atoms with Crippen LogP contribution in [-0.4, -0.2) is 37.0 Å². The minimum atomic E-state index is -0.534. The number of halogens is 3. The fourth-order valence-electron chi connectivity index (χ4n) is 3.28. The Hall–Kier alpha value is -0.840. The Balaban J connectivity index is 0.00000161. The molecular formula is C15H19Cl2FN2O. The number of nitrogens with zero attached hydrogens (tertiary/aromatic N) is 1. The molecule has 0 aromatic heterocycles. The Morgan fingerprint density at radius 3 is 2.43 bits per heavy atom. The van der Waals surface area contributed by atoms with Crippen LogP contribution in [0.1, 0.15) is 23.2 Å². The summed E-state index contributed by atoms with van der Waals surface area (Å²) in [5, 5.41) is 3.60. The molecule has 2 aliphatic heterocycles. The van der Waals surface area contributed by atoms with Crippen LogP contribution in [0, 0.1) is 17.7 Å². The van der Waals surface area contributed by atoms with E-state index < -0.39 is 5.82 Å². The second-order valence-electron chi connectivity index (χ2n) is 5.64. The molecule has 0 saturated carbocycles. The largest absolute Gasteiger partial charge is 0.338 e. The van der Waals surface area contributed by atoms with Gasteiger partial charge in [-0.1, -0.05) is 17.7 Å². The van der Waals surface area contributed by atoms with Gasteiger partial charge in [0.25, 0.3) is 5.91 Å². The minimum Gasteiger partial charge on any atom is -0.338 e. The zero-order valence-electron chi connectivity index (χ0n) is 11.6. The Morgan fingerprint density at radius 1 is 1.24 bits per heavy atom. The molecule has 1 N–H and O–H groups in total. The molecule has 2 atom stereocenters. The summed E-state index contributed by atoms with van der Waals surface area (Å²) in [6.45, 7) is 3.44. The van der Waals surface area contributed by atoms with Gasteiger partial charge in [-0.25, -0.2) is 4.39 Å². The highest BCUT2D eigenvalue weighted by molar-refractivity contribution is 6.33. The van der Waals surface area contributed by atoms with Crippen LogP contribution in [0.2, 0.25) is 5.02 Å². The number of carbonyl (C=O) groups is 1. The van der Waals surface area contributed by atoms with Crippen LogP contribution >= 0.6 is 24.0 Å². The fraction of sp³-hybridized carbons (Fsp3) is 0.533. The van der Waals surface area contributed by atoms with E-state index in [9.17, 15) is 9.18 Å². The van der Waals surface area contributed by atoms with Crippen LogP contribution in [0.3, 0.4) is 0 Å². The van der Waals surface area contributed by atoms with Crippen molar-refractivity contribution >= 4 is 29.9 Å². The molecule has 6 heteroatoms. The number of benzene rings is 1. The Bertz CT molecular complexity index is 492. The molecule has 3 rings (SSSR count). The molecule has 1 amide bonds. The highest BCUT2D eigenvalue weighted by atomic mass is 35.5. The van der Waals surface area contributed by atoms with Gasteiger partial charge in [0, 0.05) is 13.1 Å². The predicted octanol–water partition coefficient (Wildman–Crippen LogP) is 2.97. The predicted molar refractivity (Wildman–Crippen MR) is 83.6 cm³/mol. The average molecular weight is 333 g/mol. The molecule has 116 valence electrons. The second-order valence-corrected chi connectivity index (χ2v) is 6.05. The fourth-order valence-corrected chi connectivity index (χ4v) is 3.53. The monoisotopic (exact) mass is 332 g/mol. The number of nitrogens with one attached hydrogen (secondary N) is 1. The topological polar surface area (TPSA) is 32.3 Å². The molecule has 1 aromatic carbocycles. The first-order chi connectivity index (χ1) is 9.66. The van der Waals surface area contributed by atoms with Gasteiger partial charge in [0.1, 0.15) is 5.82 Å². The number of rotatable bonds is 1. The van der Waals surface area contributed by atoms with E-state index in [-0.39, 0.29) is 28.9 Å². The molecule has 2 fully saturated rings. The SMILES string of the molecule is Cl.O=C(c1c(F)cccc1Cl)N1CC[C@@H]2CNC[C@@H]2CC1. The van der Waals surface area contributed by atoms with E-state index in [0.717, 1.165) is 25.9 Å². The zero-order valence-corrected chi connectivity index (χ0v) is 13.2. The maximum Gasteiger partial charge on any atom is 0.258 e. The maximum absolute atomic E-state index is 13.8. The van der Waals surface area contributed by atoms with Crippen molar-refractivity contribution in [3.8, 4) is 0 Å². The highest BCUT2D eigenvalue weighted by Gasteiger charge is 2.32. The van der Waals surface area contributed by atoms with E-state index >= 15 is 0 Å². The van der Waals surface area contributed by atoms with Gasteiger partial charge in [0.05, 0.1) is 10.6 Å². The van der Waals surface area contributed by atoms with Crippen molar-refractivity contribution < 1.29 is 9.18 Å². The van der Waals surface area contributed by atoms with Crippen LogP contribution in [0.5, 0.6) is 0 Å². The first kappa shape index (κ1) is 16.5. The standard InChI is InChI=1S/C15H18ClFN2O.ClH/c16-12-2-1-3-13(17)14(12)15(20)19-6-4-10-8-18-9-11(10)5-7-19;/h1-3,10-11,18H,4-9H2;1H/t10-,11+;. The van der Waals surface area contributed by atoms with Crippen LogP contribution in [0.25, 0.3) is 0 Å². The van der Waals surface area contributed by atoms with Crippen molar-refractivity contribution in [3.63, 3.8) is 0 Å². The maximum atomic E-state index is 13.8. The number of amides is 1. The summed E-state index contributed by atoms with van der Waals surface area (Å²) >= 11 is 5.98. The lowest BCUT2D eigenvalue weighted by atomic mass is 9.92. The van der Waals surface area contributed by atoms with Crippen molar-refractivity contribution in [1.82, 2.24) is 10.2 Å². The van der Waals surface area contributed by atoms with E-state index in [2.05, 4.69) is 5.32 Å². The highest BCUT2D eigenvalue weighted by Crippen LogP contribution is 2.29. The average Bonchev–Trinajstić information content (AvgIpc) is 2.77. The van der Waals surface area contributed by atoms with E-state index in [1.165, 1.54) is 12.1 Å². The summed E-state index contributed by atoms with van der Waals surface area (Å²) in [6.07, 6.45) is 1.96.